The van der Waals surface area contributed by atoms with Crippen LogP contribution in [0.15, 0.2) is 41.1 Å². The second-order valence-corrected chi connectivity index (χ2v) is 6.76. The first-order valence-corrected chi connectivity index (χ1v) is 8.57. The summed E-state index contributed by atoms with van der Waals surface area (Å²) in [5.74, 6) is 0. The maximum absolute atomic E-state index is 5.07. The Morgan fingerprint density at radius 1 is 1.09 bits per heavy atom. The maximum Gasteiger partial charge on any atom is 0.0692 e. The SMILES string of the molecule is C=CC1(C)C(=Nc2c(C)cc(C)cc2C)C(C)=C1N(CC)CC. The van der Waals surface area contributed by atoms with Crippen LogP contribution in [-0.2, 0) is 0 Å². The predicted octanol–water partition coefficient (Wildman–Crippen LogP) is 5.51. The van der Waals surface area contributed by atoms with E-state index >= 15 is 0 Å². The lowest BCUT2D eigenvalue weighted by Crippen LogP contribution is -2.47. The van der Waals surface area contributed by atoms with Crippen molar-refractivity contribution in [3.8, 4) is 0 Å². The van der Waals surface area contributed by atoms with Crippen molar-refractivity contribution in [2.24, 2.45) is 10.4 Å². The van der Waals surface area contributed by atoms with Crippen LogP contribution in [0.25, 0.3) is 0 Å². The van der Waals surface area contributed by atoms with Crippen molar-refractivity contribution < 1.29 is 0 Å². The highest BCUT2D eigenvalue weighted by Crippen LogP contribution is 2.47. The van der Waals surface area contributed by atoms with Crippen molar-refractivity contribution in [1.29, 1.82) is 0 Å². The molecule has 124 valence electrons. The molecule has 2 rings (SSSR count). The summed E-state index contributed by atoms with van der Waals surface area (Å²) in [4.78, 5) is 7.49. The highest BCUT2D eigenvalue weighted by atomic mass is 15.2. The molecule has 1 aliphatic rings. The van der Waals surface area contributed by atoms with Crippen LogP contribution in [0.1, 0.15) is 44.4 Å². The summed E-state index contributed by atoms with van der Waals surface area (Å²) in [5.41, 5.74) is 8.56. The van der Waals surface area contributed by atoms with Gasteiger partial charge in [0.15, 0.2) is 0 Å². The summed E-state index contributed by atoms with van der Waals surface area (Å²) in [6.07, 6.45) is 2.05. The summed E-state index contributed by atoms with van der Waals surface area (Å²) in [6.45, 7) is 21.4. The Hall–Kier alpha value is -1.83. The zero-order chi connectivity index (χ0) is 17.4. The van der Waals surface area contributed by atoms with Gasteiger partial charge in [-0.15, -0.1) is 6.58 Å². The maximum atomic E-state index is 5.07. The number of aryl methyl sites for hydroxylation is 3. The lowest BCUT2D eigenvalue weighted by atomic mass is 9.66. The summed E-state index contributed by atoms with van der Waals surface area (Å²) < 4.78 is 0. The molecule has 0 aliphatic heterocycles. The number of hydrogen-bond donors (Lipinski definition) is 0. The molecule has 0 saturated heterocycles. The molecule has 0 saturated carbocycles. The van der Waals surface area contributed by atoms with Crippen LogP contribution < -0.4 is 0 Å². The van der Waals surface area contributed by atoms with E-state index in [4.69, 9.17) is 4.99 Å². The Balaban J connectivity index is 2.59. The molecule has 2 heteroatoms. The van der Waals surface area contributed by atoms with Gasteiger partial charge in [-0.3, -0.25) is 4.99 Å². The van der Waals surface area contributed by atoms with Crippen LogP contribution in [0.2, 0.25) is 0 Å². The predicted molar refractivity (Wildman–Crippen MR) is 102 cm³/mol. The van der Waals surface area contributed by atoms with Crippen LogP contribution in [0, 0.1) is 26.2 Å². The van der Waals surface area contributed by atoms with Gasteiger partial charge in [-0.05, 0) is 65.2 Å². The first-order chi connectivity index (χ1) is 10.8. The highest BCUT2D eigenvalue weighted by molar-refractivity contribution is 6.15. The number of hydrogen-bond acceptors (Lipinski definition) is 2. The first-order valence-electron chi connectivity index (χ1n) is 8.57. The molecule has 2 nitrogen and oxygen atoms in total. The van der Waals surface area contributed by atoms with Crippen LogP contribution in [0.5, 0.6) is 0 Å². The zero-order valence-corrected chi connectivity index (χ0v) is 15.7. The summed E-state index contributed by atoms with van der Waals surface area (Å²) in [6, 6.07) is 4.42. The molecular formula is C21H30N2. The average molecular weight is 310 g/mol. The molecule has 0 aromatic heterocycles. The number of aliphatic imine (C=N–C) groups is 1. The van der Waals surface area contributed by atoms with Gasteiger partial charge in [0.05, 0.1) is 16.8 Å². The molecule has 23 heavy (non-hydrogen) atoms. The summed E-state index contributed by atoms with van der Waals surface area (Å²) in [5, 5.41) is 0. The molecule has 0 heterocycles. The lowest BCUT2D eigenvalue weighted by molar-refractivity contribution is 0.318. The van der Waals surface area contributed by atoms with Crippen molar-refractivity contribution in [2.75, 3.05) is 13.1 Å². The average Bonchev–Trinajstić information content (AvgIpc) is 2.50. The zero-order valence-electron chi connectivity index (χ0n) is 15.7. The van der Waals surface area contributed by atoms with Crippen LogP contribution in [0.4, 0.5) is 5.69 Å². The third-order valence-electron chi connectivity index (χ3n) is 5.04. The van der Waals surface area contributed by atoms with Gasteiger partial charge >= 0.3 is 0 Å². The second-order valence-electron chi connectivity index (χ2n) is 6.76. The van der Waals surface area contributed by atoms with Crippen molar-refractivity contribution >= 4 is 11.4 Å². The van der Waals surface area contributed by atoms with Crippen LogP contribution in [-0.4, -0.2) is 23.7 Å². The molecule has 1 aromatic carbocycles. The Morgan fingerprint density at radius 3 is 2.04 bits per heavy atom. The van der Waals surface area contributed by atoms with E-state index in [-0.39, 0.29) is 5.41 Å². The van der Waals surface area contributed by atoms with Gasteiger partial charge < -0.3 is 4.90 Å². The molecule has 0 fully saturated rings. The van der Waals surface area contributed by atoms with Crippen LogP contribution >= 0.6 is 0 Å². The highest BCUT2D eigenvalue weighted by Gasteiger charge is 2.45. The Morgan fingerprint density at radius 2 is 1.61 bits per heavy atom. The molecular weight excluding hydrogens is 280 g/mol. The third kappa shape index (κ3) is 2.75. The first kappa shape index (κ1) is 17.5. The van der Waals surface area contributed by atoms with Gasteiger partial charge in [0, 0.05) is 18.8 Å². The fourth-order valence-corrected chi connectivity index (χ4v) is 3.90. The van der Waals surface area contributed by atoms with E-state index in [0.717, 1.165) is 24.5 Å². The smallest absolute Gasteiger partial charge is 0.0692 e. The molecule has 0 radical (unpaired) electrons. The fraction of sp³-hybridized carbons (Fsp3) is 0.476. The molecule has 0 N–H and O–H groups in total. The molecule has 0 amide bonds. The third-order valence-corrected chi connectivity index (χ3v) is 5.04. The monoisotopic (exact) mass is 310 g/mol. The summed E-state index contributed by atoms with van der Waals surface area (Å²) in [7, 11) is 0. The van der Waals surface area contributed by atoms with E-state index in [1.165, 1.54) is 28.0 Å². The second kappa shape index (κ2) is 6.35. The van der Waals surface area contributed by atoms with E-state index in [0.29, 0.717) is 0 Å². The van der Waals surface area contributed by atoms with Gasteiger partial charge in [-0.2, -0.15) is 0 Å². The normalized spacial score (nSPS) is 22.3. The quantitative estimate of drug-likeness (QED) is 0.655. The minimum absolute atomic E-state index is 0.153. The Kier molecular flexibility index (Phi) is 4.84. The number of benzene rings is 1. The topological polar surface area (TPSA) is 15.6 Å². The van der Waals surface area contributed by atoms with Crippen molar-refractivity contribution in [3.05, 3.63) is 52.7 Å². The minimum Gasteiger partial charge on any atom is -0.374 e. The number of nitrogens with zero attached hydrogens (tertiary/aromatic N) is 2. The molecule has 1 aromatic rings. The van der Waals surface area contributed by atoms with Gasteiger partial charge in [-0.25, -0.2) is 0 Å². The van der Waals surface area contributed by atoms with E-state index < -0.39 is 0 Å². The molecule has 1 unspecified atom stereocenters. The van der Waals surface area contributed by atoms with Crippen LogP contribution in [0.3, 0.4) is 0 Å². The molecule has 1 atom stereocenters. The van der Waals surface area contributed by atoms with Crippen molar-refractivity contribution in [2.45, 2.75) is 48.5 Å². The Labute approximate surface area is 141 Å². The Bertz CT molecular complexity index is 667. The van der Waals surface area contributed by atoms with E-state index in [1.807, 2.05) is 6.08 Å². The standard InChI is InChI=1S/C21H30N2/c1-9-21(8)19(17(7)20(21)23(10-2)11-3)22-18-15(5)12-14(4)13-16(18)6/h9,12-13H,1,10-11H2,2-8H3. The van der Waals surface area contributed by atoms with Gasteiger partial charge in [0.25, 0.3) is 0 Å². The van der Waals surface area contributed by atoms with E-state index in [9.17, 15) is 0 Å². The molecule has 0 spiro atoms. The lowest BCUT2D eigenvalue weighted by Gasteiger charge is -2.47. The van der Waals surface area contributed by atoms with E-state index in [1.54, 1.807) is 0 Å². The van der Waals surface area contributed by atoms with Gasteiger partial charge in [0.1, 0.15) is 0 Å². The molecule has 0 bridgehead atoms. The van der Waals surface area contributed by atoms with E-state index in [2.05, 4.69) is 72.1 Å². The largest absolute Gasteiger partial charge is 0.374 e. The van der Waals surface area contributed by atoms with Crippen molar-refractivity contribution in [1.82, 2.24) is 4.90 Å². The van der Waals surface area contributed by atoms with Gasteiger partial charge in [0.2, 0.25) is 0 Å². The summed E-state index contributed by atoms with van der Waals surface area (Å²) >= 11 is 0. The molecule has 1 aliphatic carbocycles. The number of allylic oxidation sites excluding steroid dienone is 2. The number of rotatable bonds is 5. The fourth-order valence-electron chi connectivity index (χ4n) is 3.90. The van der Waals surface area contributed by atoms with Crippen molar-refractivity contribution in [3.63, 3.8) is 0 Å². The minimum atomic E-state index is -0.153. The van der Waals surface area contributed by atoms with Gasteiger partial charge in [-0.1, -0.05) is 23.8 Å².